The van der Waals surface area contributed by atoms with Gasteiger partial charge in [0.15, 0.2) is 0 Å². The summed E-state index contributed by atoms with van der Waals surface area (Å²) >= 11 is 0. The Morgan fingerprint density at radius 1 is 1.21 bits per heavy atom. The number of amides is 2. The van der Waals surface area contributed by atoms with Crippen molar-refractivity contribution in [2.24, 2.45) is 5.73 Å². The predicted octanol–water partition coefficient (Wildman–Crippen LogP) is -0.105. The maximum Gasteiger partial charge on any atom is 0.251 e. The van der Waals surface area contributed by atoms with Gasteiger partial charge in [0.25, 0.3) is 5.91 Å². The van der Waals surface area contributed by atoms with Crippen molar-refractivity contribution >= 4 is 22.7 Å². The molecule has 0 aliphatic rings. The number of carbonyl (C=O) groups excluding carboxylic acids is 2. The zero-order chi connectivity index (χ0) is 14.1. The van der Waals surface area contributed by atoms with Crippen LogP contribution in [-0.2, 0) is 4.79 Å². The summed E-state index contributed by atoms with van der Waals surface area (Å²) in [6, 6.07) is 8.95. The number of hydrogen-bond acceptors (Lipinski definition) is 3. The number of rotatable bonds is 8. The van der Waals surface area contributed by atoms with Crippen molar-refractivity contribution in [3.63, 3.8) is 0 Å². The fraction of sp³-hybridized carbons (Fsp3) is 0.385. The normalized spacial score (nSPS) is 12.8. The second-order valence-corrected chi connectivity index (χ2v) is 6.64. The minimum absolute atomic E-state index is 0.0472. The molecule has 0 spiro atoms. The van der Waals surface area contributed by atoms with Crippen LogP contribution in [0.25, 0.3) is 0 Å². The average molecular weight is 284 g/mol. The fourth-order valence-corrected chi connectivity index (χ4v) is 3.34. The summed E-state index contributed by atoms with van der Waals surface area (Å²) in [5.74, 6) is 1.10. The fourth-order valence-electron chi connectivity index (χ4n) is 1.65. The highest BCUT2D eigenvalue weighted by Crippen LogP contribution is 2.22. The third-order valence-electron chi connectivity index (χ3n) is 2.55. The van der Waals surface area contributed by atoms with Crippen molar-refractivity contribution in [1.82, 2.24) is 5.32 Å². The van der Waals surface area contributed by atoms with Gasteiger partial charge < -0.3 is 16.2 Å². The summed E-state index contributed by atoms with van der Waals surface area (Å²) in [5, 5.41) is 11.7. The second-order valence-electron chi connectivity index (χ2n) is 4.09. The maximum absolute atomic E-state index is 11.8. The maximum atomic E-state index is 11.8. The Balaban J connectivity index is 2.35. The Morgan fingerprint density at radius 3 is 2.47 bits per heavy atom. The van der Waals surface area contributed by atoms with Crippen molar-refractivity contribution in [2.45, 2.75) is 0 Å². The van der Waals surface area contributed by atoms with Gasteiger partial charge in [0.05, 0.1) is 12.4 Å². The first kappa shape index (κ1) is 15.5. The molecule has 2 amide bonds. The number of nitrogens with one attached hydrogen (secondary N) is 1. The highest BCUT2D eigenvalue weighted by Gasteiger charge is 2.09. The lowest BCUT2D eigenvalue weighted by atomic mass is 10.2. The van der Waals surface area contributed by atoms with E-state index in [0.717, 1.165) is 0 Å². The Bertz CT molecular complexity index is 412. The quantitative estimate of drug-likeness (QED) is 0.502. The van der Waals surface area contributed by atoms with Crippen LogP contribution in [0.1, 0.15) is 10.4 Å². The molecule has 5 nitrogen and oxygen atoms in total. The van der Waals surface area contributed by atoms with Gasteiger partial charge in [-0.15, -0.1) is 0 Å². The van der Waals surface area contributed by atoms with Crippen LogP contribution in [-0.4, -0.2) is 47.3 Å². The molecule has 0 saturated carbocycles. The molecular formula is C13H20N2O3S. The summed E-state index contributed by atoms with van der Waals surface area (Å²) in [6.07, 6.45) is 0. The molecule has 1 rings (SSSR count). The van der Waals surface area contributed by atoms with E-state index in [9.17, 15) is 9.59 Å². The van der Waals surface area contributed by atoms with Crippen molar-refractivity contribution in [3.8, 4) is 0 Å². The van der Waals surface area contributed by atoms with Crippen LogP contribution in [0.3, 0.4) is 0 Å². The van der Waals surface area contributed by atoms with Crippen LogP contribution in [0.15, 0.2) is 30.3 Å². The number of aliphatic hydroxyl groups is 1. The Labute approximate surface area is 115 Å². The van der Waals surface area contributed by atoms with Gasteiger partial charge in [0, 0.05) is 12.1 Å². The minimum Gasteiger partial charge on any atom is -0.396 e. The molecule has 6 heteroatoms. The molecule has 0 fully saturated rings. The van der Waals surface area contributed by atoms with Crippen molar-refractivity contribution in [2.75, 3.05) is 30.4 Å². The van der Waals surface area contributed by atoms with Gasteiger partial charge >= 0.3 is 0 Å². The molecule has 19 heavy (non-hydrogen) atoms. The van der Waals surface area contributed by atoms with Gasteiger partial charge in [0.2, 0.25) is 5.91 Å². The van der Waals surface area contributed by atoms with E-state index in [-0.39, 0.29) is 18.4 Å². The number of carbonyl (C=O) groups is 2. The number of benzene rings is 1. The molecule has 4 N–H and O–H groups in total. The summed E-state index contributed by atoms with van der Waals surface area (Å²) < 4.78 is 0. The molecule has 1 atom stereocenters. The smallest absolute Gasteiger partial charge is 0.251 e. The third kappa shape index (κ3) is 6.26. The van der Waals surface area contributed by atoms with Crippen molar-refractivity contribution in [3.05, 3.63) is 35.9 Å². The van der Waals surface area contributed by atoms with E-state index < -0.39 is 10.9 Å². The lowest BCUT2D eigenvalue weighted by Gasteiger charge is -2.18. The van der Waals surface area contributed by atoms with Crippen LogP contribution in [0, 0.1) is 0 Å². The Kier molecular flexibility index (Phi) is 6.99. The van der Waals surface area contributed by atoms with E-state index in [1.165, 1.54) is 0 Å². The van der Waals surface area contributed by atoms with Crippen LogP contribution in [0.5, 0.6) is 0 Å². The number of aliphatic hydroxyl groups excluding tert-OH is 1. The molecule has 1 aromatic rings. The number of primary amides is 1. The van der Waals surface area contributed by atoms with Gasteiger partial charge in [-0.1, -0.05) is 18.2 Å². The van der Waals surface area contributed by atoms with E-state index >= 15 is 0 Å². The Morgan fingerprint density at radius 2 is 1.89 bits per heavy atom. The molecule has 0 saturated heterocycles. The molecule has 0 radical (unpaired) electrons. The molecule has 106 valence electrons. The predicted molar refractivity (Wildman–Crippen MR) is 78.6 cm³/mol. The van der Waals surface area contributed by atoms with Gasteiger partial charge in [-0.3, -0.25) is 9.59 Å². The van der Waals surface area contributed by atoms with Crippen LogP contribution >= 0.6 is 10.9 Å². The summed E-state index contributed by atoms with van der Waals surface area (Å²) in [5.41, 5.74) is 5.77. The summed E-state index contributed by atoms with van der Waals surface area (Å²) in [4.78, 5) is 22.6. The SMILES string of the molecule is NC(=O)C[SH](CCO)CCNC(=O)c1ccccc1. The second kappa shape index (κ2) is 8.55. The van der Waals surface area contributed by atoms with Crippen LogP contribution in [0.2, 0.25) is 0 Å². The zero-order valence-electron chi connectivity index (χ0n) is 10.7. The van der Waals surface area contributed by atoms with Crippen LogP contribution in [0.4, 0.5) is 0 Å². The molecule has 0 aliphatic heterocycles. The molecule has 1 unspecified atom stereocenters. The molecule has 1 aromatic carbocycles. The highest BCUT2D eigenvalue weighted by atomic mass is 32.2. The first-order chi connectivity index (χ1) is 9.13. The lowest BCUT2D eigenvalue weighted by molar-refractivity contribution is -0.115. The third-order valence-corrected chi connectivity index (χ3v) is 4.99. The zero-order valence-corrected chi connectivity index (χ0v) is 11.6. The van der Waals surface area contributed by atoms with E-state index in [1.807, 2.05) is 6.07 Å². The summed E-state index contributed by atoms with van der Waals surface area (Å²) in [6.45, 7) is 0.540. The van der Waals surface area contributed by atoms with Gasteiger partial charge in [-0.05, 0) is 23.6 Å². The number of hydrogen-bond donors (Lipinski definition) is 4. The standard InChI is InChI=1S/C13H20N2O3S/c14-12(17)10-19(9-7-16)8-6-15-13(18)11-4-2-1-3-5-11/h1-5,16,19H,6-10H2,(H2,14,17)(H,15,18). The minimum atomic E-state index is -0.639. The molecule has 0 aliphatic carbocycles. The molecule has 0 aromatic heterocycles. The van der Waals surface area contributed by atoms with Gasteiger partial charge in [-0.25, -0.2) is 10.9 Å². The first-order valence-corrected chi connectivity index (χ1v) is 7.98. The highest BCUT2D eigenvalue weighted by molar-refractivity contribution is 8.17. The van der Waals surface area contributed by atoms with Gasteiger partial charge in [0.1, 0.15) is 0 Å². The van der Waals surface area contributed by atoms with Gasteiger partial charge in [-0.2, -0.15) is 0 Å². The monoisotopic (exact) mass is 284 g/mol. The molecule has 0 heterocycles. The van der Waals surface area contributed by atoms with Crippen molar-refractivity contribution in [1.29, 1.82) is 0 Å². The average Bonchev–Trinajstić information content (AvgIpc) is 2.39. The summed E-state index contributed by atoms with van der Waals surface area (Å²) in [7, 11) is -0.639. The number of nitrogens with two attached hydrogens (primary N) is 1. The number of thiol groups is 1. The van der Waals surface area contributed by atoms with E-state index in [2.05, 4.69) is 5.32 Å². The van der Waals surface area contributed by atoms with E-state index in [4.69, 9.17) is 10.8 Å². The lowest BCUT2D eigenvalue weighted by Crippen LogP contribution is -2.28. The van der Waals surface area contributed by atoms with E-state index in [1.54, 1.807) is 24.3 Å². The molecule has 0 bridgehead atoms. The largest absolute Gasteiger partial charge is 0.396 e. The topological polar surface area (TPSA) is 92.4 Å². The van der Waals surface area contributed by atoms with E-state index in [0.29, 0.717) is 29.4 Å². The van der Waals surface area contributed by atoms with Crippen molar-refractivity contribution < 1.29 is 14.7 Å². The first-order valence-electron chi connectivity index (χ1n) is 6.08. The van der Waals surface area contributed by atoms with Crippen LogP contribution < -0.4 is 11.1 Å². The Hall–Kier alpha value is -1.53. The molecular weight excluding hydrogens is 264 g/mol.